The second kappa shape index (κ2) is 3.56. The topological polar surface area (TPSA) is 28.7 Å². The predicted octanol–water partition coefficient (Wildman–Crippen LogP) is 3.02. The van der Waals surface area contributed by atoms with Crippen LogP contribution in [0.25, 0.3) is 11.4 Å². The van der Waals surface area contributed by atoms with Crippen LogP contribution in [0.5, 0.6) is 0 Å². The molecule has 3 heteroatoms. The number of halogens is 1. The van der Waals surface area contributed by atoms with Gasteiger partial charge in [0.25, 0.3) is 0 Å². The van der Waals surface area contributed by atoms with Crippen LogP contribution in [0.2, 0.25) is 0 Å². The van der Waals surface area contributed by atoms with Gasteiger partial charge in [0.2, 0.25) is 0 Å². The number of nitrogens with one attached hydrogen (secondary N) is 1. The summed E-state index contributed by atoms with van der Waals surface area (Å²) in [5.74, 6) is -0.218. The number of nitrogens with zero attached hydrogens (tertiary/aromatic N) is 1. The number of rotatable bonds is 3. The first kappa shape index (κ1) is 9.71. The lowest BCUT2D eigenvalue weighted by Gasteiger charge is -2.08. The van der Waals surface area contributed by atoms with Crippen molar-refractivity contribution in [3.8, 4) is 0 Å². The number of H-pyrrole nitrogens is 1. The summed E-state index contributed by atoms with van der Waals surface area (Å²) in [6, 6.07) is 0. The van der Waals surface area contributed by atoms with Crippen LogP contribution in [-0.4, -0.2) is 10.2 Å². The van der Waals surface area contributed by atoms with E-state index < -0.39 is 5.83 Å². The summed E-state index contributed by atoms with van der Waals surface area (Å²) in [6.45, 7) is 11.1. The van der Waals surface area contributed by atoms with Gasteiger partial charge >= 0.3 is 0 Å². The number of hydrogen-bond donors (Lipinski definition) is 1. The van der Waals surface area contributed by atoms with Gasteiger partial charge in [-0.3, -0.25) is 5.10 Å². The molecule has 0 atom stereocenters. The lowest BCUT2D eigenvalue weighted by atomic mass is 9.99. The third-order valence-electron chi connectivity index (χ3n) is 1.95. The highest BCUT2D eigenvalue weighted by atomic mass is 19.1. The minimum atomic E-state index is -0.481. The average Bonchev–Trinajstić information content (AvgIpc) is 2.50. The van der Waals surface area contributed by atoms with E-state index in [0.717, 1.165) is 5.57 Å². The number of hydrogen-bond acceptors (Lipinski definition) is 1. The maximum Gasteiger partial charge on any atom is 0.127 e. The molecule has 2 nitrogen and oxygen atoms in total. The quantitative estimate of drug-likeness (QED) is 0.761. The van der Waals surface area contributed by atoms with Gasteiger partial charge in [0.1, 0.15) is 5.83 Å². The second-order valence-corrected chi connectivity index (χ2v) is 3.24. The van der Waals surface area contributed by atoms with Crippen molar-refractivity contribution in [1.82, 2.24) is 10.2 Å². The molecule has 0 fully saturated rings. The fourth-order valence-electron chi connectivity index (χ4n) is 1.03. The molecular formula is C10H13FN2. The highest BCUT2D eigenvalue weighted by Crippen LogP contribution is 2.26. The Bertz CT molecular complexity index is 336. The van der Waals surface area contributed by atoms with E-state index in [9.17, 15) is 4.39 Å². The van der Waals surface area contributed by atoms with Gasteiger partial charge in [0.15, 0.2) is 0 Å². The van der Waals surface area contributed by atoms with E-state index >= 15 is 0 Å². The van der Waals surface area contributed by atoms with Crippen LogP contribution in [0.4, 0.5) is 4.39 Å². The Morgan fingerprint density at radius 3 is 2.62 bits per heavy atom. The van der Waals surface area contributed by atoms with Crippen LogP contribution in [0.3, 0.4) is 0 Å². The van der Waals surface area contributed by atoms with E-state index in [1.165, 1.54) is 6.20 Å². The molecule has 0 aliphatic carbocycles. The van der Waals surface area contributed by atoms with Crippen molar-refractivity contribution in [2.24, 2.45) is 5.92 Å². The molecule has 0 amide bonds. The van der Waals surface area contributed by atoms with Crippen LogP contribution in [0.1, 0.15) is 25.1 Å². The third-order valence-corrected chi connectivity index (χ3v) is 1.95. The van der Waals surface area contributed by atoms with Crippen LogP contribution >= 0.6 is 0 Å². The van der Waals surface area contributed by atoms with E-state index in [2.05, 4.69) is 23.4 Å². The molecule has 1 aromatic rings. The summed E-state index contributed by atoms with van der Waals surface area (Å²) in [4.78, 5) is 0. The van der Waals surface area contributed by atoms with Crippen molar-refractivity contribution in [1.29, 1.82) is 0 Å². The summed E-state index contributed by atoms with van der Waals surface area (Å²) < 4.78 is 12.9. The van der Waals surface area contributed by atoms with E-state index in [4.69, 9.17) is 0 Å². The van der Waals surface area contributed by atoms with Crippen molar-refractivity contribution in [3.05, 3.63) is 30.6 Å². The maximum atomic E-state index is 12.9. The highest BCUT2D eigenvalue weighted by molar-refractivity contribution is 5.73. The number of allylic oxidation sites excluding steroid dienone is 1. The lowest BCUT2D eigenvalue weighted by molar-refractivity contribution is 0.761. The molecule has 0 unspecified atom stereocenters. The molecule has 70 valence electrons. The first-order chi connectivity index (χ1) is 6.04. The Hall–Kier alpha value is -1.38. The van der Waals surface area contributed by atoms with Gasteiger partial charge in [-0.2, -0.15) is 5.10 Å². The zero-order chi connectivity index (χ0) is 10.0. The van der Waals surface area contributed by atoms with Crippen molar-refractivity contribution < 1.29 is 4.39 Å². The Labute approximate surface area is 77.2 Å². The Morgan fingerprint density at radius 1 is 1.54 bits per heavy atom. The van der Waals surface area contributed by atoms with Gasteiger partial charge in [-0.1, -0.05) is 27.0 Å². The average molecular weight is 180 g/mol. The molecule has 0 aliphatic rings. The molecule has 0 aromatic carbocycles. The van der Waals surface area contributed by atoms with Crippen LogP contribution in [0.15, 0.2) is 19.4 Å². The molecule has 0 aliphatic heterocycles. The standard InChI is InChI=1S/C10H13FN2/c1-6(2)7(3)10-9(8(4)11)5-12-13-10/h5-6H,3-4H2,1-2H3,(H,12,13). The van der Waals surface area contributed by atoms with Gasteiger partial charge in [-0.25, -0.2) is 4.39 Å². The van der Waals surface area contributed by atoms with Gasteiger partial charge in [-0.15, -0.1) is 0 Å². The van der Waals surface area contributed by atoms with E-state index in [1.807, 2.05) is 13.8 Å². The summed E-state index contributed by atoms with van der Waals surface area (Å²) >= 11 is 0. The van der Waals surface area contributed by atoms with Gasteiger partial charge in [-0.05, 0) is 11.5 Å². The van der Waals surface area contributed by atoms with E-state index in [-0.39, 0.29) is 5.92 Å². The molecule has 1 N–H and O–H groups in total. The minimum absolute atomic E-state index is 0.263. The Kier molecular flexibility index (Phi) is 2.66. The number of aromatic amines is 1. The molecule has 0 spiro atoms. The largest absolute Gasteiger partial charge is 0.277 e. The number of aromatic nitrogens is 2. The molecule has 0 saturated carbocycles. The van der Waals surface area contributed by atoms with Crippen molar-refractivity contribution in [3.63, 3.8) is 0 Å². The van der Waals surface area contributed by atoms with Crippen molar-refractivity contribution in [2.45, 2.75) is 13.8 Å². The Balaban J connectivity index is 3.08. The fraction of sp³-hybridized carbons (Fsp3) is 0.300. The maximum absolute atomic E-state index is 12.9. The first-order valence-corrected chi connectivity index (χ1v) is 4.11. The Morgan fingerprint density at radius 2 is 2.15 bits per heavy atom. The summed E-state index contributed by atoms with van der Waals surface area (Å²) in [5.41, 5.74) is 1.88. The molecule has 0 saturated heterocycles. The van der Waals surface area contributed by atoms with Crippen LogP contribution < -0.4 is 0 Å². The van der Waals surface area contributed by atoms with Gasteiger partial charge in [0, 0.05) is 0 Å². The third kappa shape index (κ3) is 1.86. The van der Waals surface area contributed by atoms with Gasteiger partial charge < -0.3 is 0 Å². The molecule has 0 bridgehead atoms. The van der Waals surface area contributed by atoms with Crippen LogP contribution in [0, 0.1) is 5.92 Å². The normalized spacial score (nSPS) is 10.5. The minimum Gasteiger partial charge on any atom is -0.277 e. The van der Waals surface area contributed by atoms with Gasteiger partial charge in [0.05, 0.1) is 17.5 Å². The fourth-order valence-corrected chi connectivity index (χ4v) is 1.03. The molecule has 1 aromatic heterocycles. The summed E-state index contributed by atoms with van der Waals surface area (Å²) in [6.07, 6.45) is 1.42. The smallest absolute Gasteiger partial charge is 0.127 e. The van der Waals surface area contributed by atoms with Crippen molar-refractivity contribution >= 4 is 11.4 Å². The lowest BCUT2D eigenvalue weighted by Crippen LogP contribution is -1.95. The van der Waals surface area contributed by atoms with Crippen LogP contribution in [-0.2, 0) is 0 Å². The molecule has 13 heavy (non-hydrogen) atoms. The molecule has 1 heterocycles. The zero-order valence-electron chi connectivity index (χ0n) is 7.89. The predicted molar refractivity (Wildman–Crippen MR) is 52.6 cm³/mol. The summed E-state index contributed by atoms with van der Waals surface area (Å²) in [5, 5.41) is 6.48. The monoisotopic (exact) mass is 180 g/mol. The summed E-state index contributed by atoms with van der Waals surface area (Å²) in [7, 11) is 0. The first-order valence-electron chi connectivity index (χ1n) is 4.11. The molecule has 1 rings (SSSR count). The highest BCUT2D eigenvalue weighted by Gasteiger charge is 2.13. The SMILES string of the molecule is C=C(F)c1cn[nH]c1C(=C)C(C)C. The zero-order valence-corrected chi connectivity index (χ0v) is 7.89. The van der Waals surface area contributed by atoms with Crippen molar-refractivity contribution in [2.75, 3.05) is 0 Å². The molecular weight excluding hydrogens is 167 g/mol. The molecule has 0 radical (unpaired) electrons. The van der Waals surface area contributed by atoms with E-state index in [1.54, 1.807) is 0 Å². The van der Waals surface area contributed by atoms with E-state index in [0.29, 0.717) is 11.3 Å². The second-order valence-electron chi connectivity index (χ2n) is 3.24.